The Morgan fingerprint density at radius 2 is 1.74 bits per heavy atom. The number of carbonyl (C=O) groups is 1. The van der Waals surface area contributed by atoms with Crippen molar-refractivity contribution >= 4 is 51.5 Å². The lowest BCUT2D eigenvalue weighted by molar-refractivity contribution is -0.137. The summed E-state index contributed by atoms with van der Waals surface area (Å²) in [5.41, 5.74) is -0.923. The van der Waals surface area contributed by atoms with Crippen LogP contribution in [0.4, 0.5) is 18.9 Å². The van der Waals surface area contributed by atoms with Crippen LogP contribution in [0, 0.1) is 3.57 Å². The van der Waals surface area contributed by atoms with Gasteiger partial charge >= 0.3 is 6.18 Å². The molecule has 0 heterocycles. The molecule has 0 aromatic heterocycles. The number of carbonyl (C=O) groups excluding carboxylic acids is 1. The van der Waals surface area contributed by atoms with E-state index in [2.05, 4.69) is 10.6 Å². The number of benzene rings is 2. The second-order valence-electron chi connectivity index (χ2n) is 5.17. The van der Waals surface area contributed by atoms with Gasteiger partial charge in [0.05, 0.1) is 25.5 Å². The fourth-order valence-electron chi connectivity index (χ4n) is 2.17. The van der Waals surface area contributed by atoms with Gasteiger partial charge in [-0.3, -0.25) is 10.1 Å². The SMILES string of the molecule is COc1ccc(C(=O)NC(=S)Nc2ccc(I)cc2C(F)(F)F)cc1OC. The number of hydrogen-bond donors (Lipinski definition) is 2. The largest absolute Gasteiger partial charge is 0.493 e. The van der Waals surface area contributed by atoms with E-state index in [4.69, 9.17) is 21.7 Å². The van der Waals surface area contributed by atoms with E-state index < -0.39 is 17.6 Å². The highest BCUT2D eigenvalue weighted by atomic mass is 127. The molecule has 0 atom stereocenters. The van der Waals surface area contributed by atoms with Crippen LogP contribution in [0.25, 0.3) is 0 Å². The Balaban J connectivity index is 2.16. The molecule has 5 nitrogen and oxygen atoms in total. The van der Waals surface area contributed by atoms with Crippen LogP contribution < -0.4 is 20.1 Å². The minimum absolute atomic E-state index is 0.204. The van der Waals surface area contributed by atoms with Gasteiger partial charge in [0.15, 0.2) is 16.6 Å². The van der Waals surface area contributed by atoms with Crippen LogP contribution in [0.5, 0.6) is 11.5 Å². The number of ether oxygens (including phenoxy) is 2. The number of anilines is 1. The summed E-state index contributed by atoms with van der Waals surface area (Å²) in [6, 6.07) is 8.18. The maximum absolute atomic E-state index is 13.2. The van der Waals surface area contributed by atoms with Crippen LogP contribution in [0.2, 0.25) is 0 Å². The van der Waals surface area contributed by atoms with Crippen molar-refractivity contribution in [1.29, 1.82) is 0 Å². The van der Waals surface area contributed by atoms with Gasteiger partial charge in [-0.25, -0.2) is 0 Å². The van der Waals surface area contributed by atoms with Crippen molar-refractivity contribution in [3.63, 3.8) is 0 Å². The van der Waals surface area contributed by atoms with Crippen molar-refractivity contribution in [3.8, 4) is 11.5 Å². The highest BCUT2D eigenvalue weighted by Gasteiger charge is 2.34. The number of amides is 1. The molecule has 1 amide bonds. The van der Waals surface area contributed by atoms with Gasteiger partial charge in [-0.2, -0.15) is 13.2 Å². The van der Waals surface area contributed by atoms with Gasteiger partial charge in [-0.1, -0.05) is 0 Å². The number of rotatable bonds is 4. The summed E-state index contributed by atoms with van der Waals surface area (Å²) >= 11 is 6.75. The van der Waals surface area contributed by atoms with Crippen molar-refractivity contribution in [2.45, 2.75) is 6.18 Å². The monoisotopic (exact) mass is 510 g/mol. The molecule has 27 heavy (non-hydrogen) atoms. The fourth-order valence-corrected chi connectivity index (χ4v) is 2.86. The quantitative estimate of drug-likeness (QED) is 0.471. The van der Waals surface area contributed by atoms with Crippen LogP contribution in [0.3, 0.4) is 0 Å². The summed E-state index contributed by atoms with van der Waals surface area (Å²) in [6.45, 7) is 0. The molecule has 0 saturated heterocycles. The van der Waals surface area contributed by atoms with Crippen molar-refractivity contribution in [2.75, 3.05) is 19.5 Å². The summed E-state index contributed by atoms with van der Waals surface area (Å²) < 4.78 is 50.1. The van der Waals surface area contributed by atoms with Crippen molar-refractivity contribution < 1.29 is 27.4 Å². The molecule has 0 radical (unpaired) electrons. The molecule has 0 aliphatic rings. The van der Waals surface area contributed by atoms with Gasteiger partial charge in [0, 0.05) is 9.13 Å². The van der Waals surface area contributed by atoms with E-state index in [1.165, 1.54) is 44.6 Å². The van der Waals surface area contributed by atoms with Crippen molar-refractivity contribution in [2.24, 2.45) is 0 Å². The molecule has 0 bridgehead atoms. The van der Waals surface area contributed by atoms with Crippen LogP contribution in [-0.4, -0.2) is 25.2 Å². The first kappa shape index (κ1) is 21.2. The molecule has 2 aromatic carbocycles. The van der Waals surface area contributed by atoms with E-state index in [-0.39, 0.29) is 16.4 Å². The first-order chi connectivity index (χ1) is 12.7. The average molecular weight is 510 g/mol. The third kappa shape index (κ3) is 5.45. The molecule has 0 aliphatic heterocycles. The minimum atomic E-state index is -4.56. The van der Waals surface area contributed by atoms with Gasteiger partial charge < -0.3 is 14.8 Å². The Morgan fingerprint density at radius 1 is 1.07 bits per heavy atom. The first-order valence-corrected chi connectivity index (χ1v) is 8.85. The van der Waals surface area contributed by atoms with Gasteiger partial charge in [-0.15, -0.1) is 0 Å². The van der Waals surface area contributed by atoms with Crippen molar-refractivity contribution in [3.05, 3.63) is 51.1 Å². The number of hydrogen-bond acceptors (Lipinski definition) is 4. The van der Waals surface area contributed by atoms with Gasteiger partial charge in [-0.05, 0) is 71.2 Å². The van der Waals surface area contributed by atoms with E-state index in [0.29, 0.717) is 15.1 Å². The van der Waals surface area contributed by atoms with Crippen LogP contribution >= 0.6 is 34.8 Å². The summed E-state index contributed by atoms with van der Waals surface area (Å²) in [5.74, 6) is 0.164. The molecule has 2 rings (SSSR count). The Labute approximate surface area is 172 Å². The average Bonchev–Trinajstić information content (AvgIpc) is 2.61. The predicted molar refractivity (Wildman–Crippen MR) is 107 cm³/mol. The van der Waals surface area contributed by atoms with Gasteiger partial charge in [0.1, 0.15) is 0 Å². The second kappa shape index (κ2) is 8.74. The van der Waals surface area contributed by atoms with E-state index in [9.17, 15) is 18.0 Å². The normalized spacial score (nSPS) is 10.9. The van der Waals surface area contributed by atoms with Gasteiger partial charge in [0.25, 0.3) is 5.91 Å². The number of nitrogens with one attached hydrogen (secondary N) is 2. The number of thiocarbonyl (C=S) groups is 1. The smallest absolute Gasteiger partial charge is 0.418 e. The highest BCUT2D eigenvalue weighted by Crippen LogP contribution is 2.35. The molecular weight excluding hydrogens is 496 g/mol. The maximum atomic E-state index is 13.2. The van der Waals surface area contributed by atoms with Crippen LogP contribution in [0.1, 0.15) is 15.9 Å². The van der Waals surface area contributed by atoms with E-state index in [1.807, 2.05) is 0 Å². The molecular formula is C17H14F3IN2O3S. The number of methoxy groups -OCH3 is 2. The van der Waals surface area contributed by atoms with Crippen LogP contribution in [-0.2, 0) is 6.18 Å². The Kier molecular flexibility index (Phi) is 6.87. The Morgan fingerprint density at radius 3 is 2.33 bits per heavy atom. The Hall–Kier alpha value is -2.08. The third-order valence-corrected chi connectivity index (χ3v) is 4.28. The Bertz CT molecular complexity index is 875. The van der Waals surface area contributed by atoms with E-state index in [0.717, 1.165) is 6.07 Å². The third-order valence-electron chi connectivity index (χ3n) is 3.41. The molecule has 0 aliphatic carbocycles. The van der Waals surface area contributed by atoms with Crippen molar-refractivity contribution in [1.82, 2.24) is 5.32 Å². The standard InChI is InChI=1S/C17H14F3IN2O3S/c1-25-13-6-3-9(7-14(13)26-2)15(24)23-16(27)22-12-5-4-10(21)8-11(12)17(18,19)20/h3-8H,1-2H3,(H2,22,23,24,27). The highest BCUT2D eigenvalue weighted by molar-refractivity contribution is 14.1. The lowest BCUT2D eigenvalue weighted by Gasteiger charge is -2.16. The van der Waals surface area contributed by atoms with E-state index >= 15 is 0 Å². The maximum Gasteiger partial charge on any atom is 0.418 e. The van der Waals surface area contributed by atoms with Crippen LogP contribution in [0.15, 0.2) is 36.4 Å². The number of alkyl halides is 3. The zero-order valence-electron chi connectivity index (χ0n) is 14.1. The zero-order chi connectivity index (χ0) is 20.2. The molecule has 0 unspecified atom stereocenters. The zero-order valence-corrected chi connectivity index (χ0v) is 17.1. The molecule has 0 fully saturated rings. The molecule has 2 N–H and O–H groups in total. The van der Waals surface area contributed by atoms with Gasteiger partial charge in [0.2, 0.25) is 0 Å². The minimum Gasteiger partial charge on any atom is -0.493 e. The summed E-state index contributed by atoms with van der Waals surface area (Å²) in [7, 11) is 2.87. The topological polar surface area (TPSA) is 59.6 Å². The molecule has 144 valence electrons. The first-order valence-electron chi connectivity index (χ1n) is 7.36. The molecule has 0 spiro atoms. The second-order valence-corrected chi connectivity index (χ2v) is 6.82. The lowest BCUT2D eigenvalue weighted by atomic mass is 10.1. The lowest BCUT2D eigenvalue weighted by Crippen LogP contribution is -2.34. The molecule has 2 aromatic rings. The summed E-state index contributed by atoms with van der Waals surface area (Å²) in [4.78, 5) is 12.3. The summed E-state index contributed by atoms with van der Waals surface area (Å²) in [6.07, 6.45) is -4.56. The molecule has 10 heteroatoms. The predicted octanol–water partition coefficient (Wildman–Crippen LogP) is 4.45. The van der Waals surface area contributed by atoms with E-state index in [1.54, 1.807) is 22.6 Å². The molecule has 0 saturated carbocycles. The summed E-state index contributed by atoms with van der Waals surface area (Å²) in [5, 5.41) is 4.50. The fraction of sp³-hybridized carbons (Fsp3) is 0.176. The number of halogens is 4.